The maximum Gasteiger partial charge on any atom is 0.410 e. The molecular formula is C26H26FN5O3. The largest absolute Gasteiger partial charge is 0.444 e. The molecule has 1 saturated heterocycles. The summed E-state index contributed by atoms with van der Waals surface area (Å²) in [5.74, 6) is -0.512. The zero-order valence-electron chi connectivity index (χ0n) is 19.9. The first-order valence-electron chi connectivity index (χ1n) is 11.5. The van der Waals surface area contributed by atoms with E-state index in [9.17, 15) is 14.0 Å². The van der Waals surface area contributed by atoms with Crippen molar-refractivity contribution in [3.8, 4) is 5.69 Å². The Balaban J connectivity index is 1.57. The van der Waals surface area contributed by atoms with Crippen molar-refractivity contribution in [2.75, 3.05) is 13.1 Å². The molecule has 1 aliphatic heterocycles. The summed E-state index contributed by atoms with van der Waals surface area (Å²) in [6.45, 7) is 6.05. The smallest absolute Gasteiger partial charge is 0.410 e. The van der Waals surface area contributed by atoms with Crippen LogP contribution in [0.5, 0.6) is 0 Å². The van der Waals surface area contributed by atoms with Crippen molar-refractivity contribution in [3.63, 3.8) is 0 Å². The molecule has 3 heterocycles. The minimum absolute atomic E-state index is 0.171. The number of carbonyl (C=O) groups excluding carboxylic acids is 2. The van der Waals surface area contributed by atoms with Crippen molar-refractivity contribution in [1.29, 1.82) is 0 Å². The number of Topliss-reactive ketones (excluding diaryl/α,β-unsaturated/α-hetero) is 1. The summed E-state index contributed by atoms with van der Waals surface area (Å²) in [4.78, 5) is 36.8. The van der Waals surface area contributed by atoms with Gasteiger partial charge in [-0.25, -0.2) is 18.9 Å². The summed E-state index contributed by atoms with van der Waals surface area (Å²) >= 11 is 0. The van der Waals surface area contributed by atoms with Crippen LogP contribution in [0.25, 0.3) is 11.8 Å². The van der Waals surface area contributed by atoms with E-state index in [1.807, 2.05) is 26.8 Å². The normalized spacial score (nSPS) is 19.4. The van der Waals surface area contributed by atoms with Gasteiger partial charge >= 0.3 is 6.09 Å². The van der Waals surface area contributed by atoms with Crippen LogP contribution < -0.4 is 0 Å². The molecule has 0 spiro atoms. The van der Waals surface area contributed by atoms with Gasteiger partial charge in [0, 0.05) is 25.5 Å². The highest BCUT2D eigenvalue weighted by Gasteiger charge is 2.50. The van der Waals surface area contributed by atoms with Crippen LogP contribution in [0.15, 0.2) is 54.6 Å². The van der Waals surface area contributed by atoms with Crippen LogP contribution in [-0.4, -0.2) is 55.2 Å². The van der Waals surface area contributed by atoms with Gasteiger partial charge in [-0.1, -0.05) is 5.57 Å². The monoisotopic (exact) mass is 475 g/mol. The molecule has 0 N–H and O–H groups in total. The Morgan fingerprint density at radius 3 is 2.57 bits per heavy atom. The van der Waals surface area contributed by atoms with Gasteiger partial charge in [0.05, 0.1) is 29.2 Å². The van der Waals surface area contributed by atoms with Crippen LogP contribution in [0.1, 0.15) is 48.9 Å². The van der Waals surface area contributed by atoms with Crippen molar-refractivity contribution in [2.24, 2.45) is 5.41 Å². The van der Waals surface area contributed by atoms with E-state index in [1.165, 1.54) is 30.7 Å². The van der Waals surface area contributed by atoms with E-state index < -0.39 is 17.1 Å². The number of benzene rings is 1. The second-order valence-electron chi connectivity index (χ2n) is 9.94. The van der Waals surface area contributed by atoms with Gasteiger partial charge in [0.25, 0.3) is 0 Å². The first-order chi connectivity index (χ1) is 16.7. The number of halogens is 1. The minimum Gasteiger partial charge on any atom is -0.444 e. The molecule has 35 heavy (non-hydrogen) atoms. The Morgan fingerprint density at radius 2 is 1.89 bits per heavy atom. The molecule has 2 aromatic heterocycles. The predicted octanol–water partition coefficient (Wildman–Crippen LogP) is 4.25. The van der Waals surface area contributed by atoms with Gasteiger partial charge in [-0.2, -0.15) is 5.10 Å². The van der Waals surface area contributed by atoms with E-state index in [4.69, 9.17) is 4.74 Å². The van der Waals surface area contributed by atoms with Gasteiger partial charge < -0.3 is 9.64 Å². The molecule has 0 bridgehead atoms. The summed E-state index contributed by atoms with van der Waals surface area (Å²) in [5, 5.41) is 4.53. The molecule has 180 valence electrons. The molecule has 8 nitrogen and oxygen atoms in total. The number of carbonyl (C=O) groups is 2. The number of aromatic nitrogens is 4. The summed E-state index contributed by atoms with van der Waals surface area (Å²) < 4.78 is 20.8. The van der Waals surface area contributed by atoms with Crippen molar-refractivity contribution in [2.45, 2.75) is 39.2 Å². The molecule has 5 rings (SSSR count). The summed E-state index contributed by atoms with van der Waals surface area (Å²) in [6, 6.07) is 6.11. The third-order valence-corrected chi connectivity index (χ3v) is 6.37. The fourth-order valence-electron chi connectivity index (χ4n) is 4.78. The zero-order chi connectivity index (χ0) is 24.8. The zero-order valence-corrected chi connectivity index (χ0v) is 19.9. The molecule has 1 aliphatic carbocycles. The number of piperidine rings is 1. The first-order valence-corrected chi connectivity index (χ1v) is 11.5. The molecular weight excluding hydrogens is 449 g/mol. The fourth-order valence-corrected chi connectivity index (χ4v) is 4.78. The maximum absolute atomic E-state index is 13.9. The minimum atomic E-state index is -1.01. The molecule has 0 unspecified atom stereocenters. The van der Waals surface area contributed by atoms with Gasteiger partial charge in [-0.15, -0.1) is 0 Å². The molecule has 9 heteroatoms. The number of fused-ring (bicyclic) bond motifs is 2. The van der Waals surface area contributed by atoms with E-state index in [1.54, 1.807) is 27.9 Å². The highest BCUT2D eigenvalue weighted by molar-refractivity contribution is 6.03. The van der Waals surface area contributed by atoms with E-state index in [2.05, 4.69) is 15.1 Å². The van der Waals surface area contributed by atoms with Crippen molar-refractivity contribution < 1.29 is 18.7 Å². The highest BCUT2D eigenvalue weighted by Crippen LogP contribution is 2.46. The number of hydrogen-bond acceptors (Lipinski definition) is 6. The summed E-state index contributed by atoms with van der Waals surface area (Å²) in [6.07, 6.45) is 8.57. The lowest BCUT2D eigenvalue weighted by atomic mass is 9.65. The fraction of sp³-hybridized carbons (Fsp3) is 0.346. The van der Waals surface area contributed by atoms with Crippen LogP contribution in [0.2, 0.25) is 0 Å². The number of hydrogen-bond donors (Lipinski definition) is 0. The molecule has 0 radical (unpaired) electrons. The number of ketones is 1. The van der Waals surface area contributed by atoms with Crippen LogP contribution in [0, 0.1) is 11.2 Å². The lowest BCUT2D eigenvalue weighted by molar-refractivity contribution is 0.0138. The SMILES string of the molecule is CC(C)(C)OC(=O)N1CCC2=Cc3c(cnn3-c3ccc(F)cc3)C[C@]2(C(=O)c2cnccn2)C1. The number of amides is 1. The van der Waals surface area contributed by atoms with Gasteiger partial charge in [0.15, 0.2) is 5.78 Å². The Kier molecular flexibility index (Phi) is 5.50. The van der Waals surface area contributed by atoms with Crippen molar-refractivity contribution in [3.05, 3.63) is 77.4 Å². The number of likely N-dealkylation sites (tertiary alicyclic amines) is 1. The van der Waals surface area contributed by atoms with E-state index in [0.717, 1.165) is 22.5 Å². The van der Waals surface area contributed by atoms with Gasteiger partial charge in [-0.05, 0) is 69.5 Å². The molecule has 2 aliphatic rings. The predicted molar refractivity (Wildman–Crippen MR) is 126 cm³/mol. The van der Waals surface area contributed by atoms with Crippen molar-refractivity contribution >= 4 is 18.0 Å². The van der Waals surface area contributed by atoms with Gasteiger partial charge in [0.2, 0.25) is 0 Å². The first kappa shape index (κ1) is 22.9. The average Bonchev–Trinajstić information content (AvgIpc) is 3.24. The van der Waals surface area contributed by atoms with E-state index >= 15 is 0 Å². The quantitative estimate of drug-likeness (QED) is 0.526. The maximum atomic E-state index is 13.9. The third-order valence-electron chi connectivity index (χ3n) is 6.37. The molecule has 0 saturated carbocycles. The second kappa shape index (κ2) is 8.41. The standard InChI is InChI=1S/C26H26FN5O3/c1-25(2,3)35-24(34)31-11-8-18-12-22-17(14-30-32(22)20-6-4-19(27)5-7-20)13-26(18,16-31)23(33)21-15-28-9-10-29-21/h4-7,9-10,12,14-15H,8,11,13,16H2,1-3H3/t26-/m0/s1. The Morgan fingerprint density at radius 1 is 1.11 bits per heavy atom. The molecule has 1 fully saturated rings. The van der Waals surface area contributed by atoms with Crippen LogP contribution >= 0.6 is 0 Å². The Bertz CT molecular complexity index is 1310. The average molecular weight is 476 g/mol. The van der Waals surface area contributed by atoms with Crippen LogP contribution in [0.4, 0.5) is 9.18 Å². The Labute approximate surface area is 202 Å². The summed E-state index contributed by atoms with van der Waals surface area (Å²) in [7, 11) is 0. The topological polar surface area (TPSA) is 90.2 Å². The Hall–Kier alpha value is -3.88. The molecule has 1 atom stereocenters. The van der Waals surface area contributed by atoms with Gasteiger partial charge in [-0.3, -0.25) is 9.78 Å². The summed E-state index contributed by atoms with van der Waals surface area (Å²) in [5.41, 5.74) is 1.94. The van der Waals surface area contributed by atoms with Crippen LogP contribution in [-0.2, 0) is 11.2 Å². The van der Waals surface area contributed by atoms with Gasteiger partial charge in [0.1, 0.15) is 17.1 Å². The third kappa shape index (κ3) is 4.22. The molecule has 1 aromatic carbocycles. The number of ether oxygens (including phenoxy) is 1. The molecule has 3 aromatic rings. The lowest BCUT2D eigenvalue weighted by Crippen LogP contribution is -2.54. The highest BCUT2D eigenvalue weighted by atomic mass is 19.1. The number of rotatable bonds is 3. The van der Waals surface area contributed by atoms with E-state index in [0.29, 0.717) is 19.4 Å². The van der Waals surface area contributed by atoms with Crippen LogP contribution in [0.3, 0.4) is 0 Å². The van der Waals surface area contributed by atoms with E-state index in [-0.39, 0.29) is 23.8 Å². The van der Waals surface area contributed by atoms with Crippen molar-refractivity contribution in [1.82, 2.24) is 24.6 Å². The lowest BCUT2D eigenvalue weighted by Gasteiger charge is -2.45. The number of nitrogens with zero attached hydrogens (tertiary/aromatic N) is 5. The molecule has 1 amide bonds. The second-order valence-corrected chi connectivity index (χ2v) is 9.94.